The van der Waals surface area contributed by atoms with Crippen molar-refractivity contribution in [1.82, 2.24) is 5.32 Å². The third kappa shape index (κ3) is 4.01. The molecular formula is C15H21BrFNO. The first-order valence-electron chi connectivity index (χ1n) is 6.79. The molecule has 2 rings (SSSR count). The standard InChI is InChI=1S/C15H21BrFNO/c1-19-8-7-18-11-15(5-2-6-15)10-12-9-13(17)3-4-14(12)16/h3-4,9,18H,2,5-8,10-11H2,1H3. The Kier molecular flexibility index (Phi) is 5.37. The number of methoxy groups -OCH3 is 1. The lowest BCUT2D eigenvalue weighted by molar-refractivity contribution is 0.122. The molecule has 0 bridgehead atoms. The Hall–Kier alpha value is -0.450. The highest BCUT2D eigenvalue weighted by Crippen LogP contribution is 2.44. The van der Waals surface area contributed by atoms with E-state index in [2.05, 4.69) is 21.2 Å². The van der Waals surface area contributed by atoms with Gasteiger partial charge in [0.1, 0.15) is 5.82 Å². The van der Waals surface area contributed by atoms with Gasteiger partial charge in [-0.25, -0.2) is 4.39 Å². The van der Waals surface area contributed by atoms with E-state index in [0.717, 1.165) is 36.2 Å². The molecule has 0 aliphatic heterocycles. The normalized spacial score (nSPS) is 17.2. The maximum Gasteiger partial charge on any atom is 0.123 e. The van der Waals surface area contributed by atoms with Gasteiger partial charge in [-0.3, -0.25) is 0 Å². The summed E-state index contributed by atoms with van der Waals surface area (Å²) >= 11 is 3.52. The molecule has 1 saturated carbocycles. The minimum atomic E-state index is -0.153. The topological polar surface area (TPSA) is 21.3 Å². The van der Waals surface area contributed by atoms with E-state index in [4.69, 9.17) is 4.74 Å². The molecule has 1 aliphatic rings. The van der Waals surface area contributed by atoms with Gasteiger partial charge >= 0.3 is 0 Å². The molecule has 0 amide bonds. The molecule has 1 aromatic carbocycles. The monoisotopic (exact) mass is 329 g/mol. The molecule has 0 unspecified atom stereocenters. The van der Waals surface area contributed by atoms with Crippen LogP contribution in [0.3, 0.4) is 0 Å². The lowest BCUT2D eigenvalue weighted by Gasteiger charge is -2.42. The van der Waals surface area contributed by atoms with Gasteiger partial charge in [-0.05, 0) is 48.4 Å². The average molecular weight is 330 g/mol. The number of rotatable bonds is 7. The molecule has 1 fully saturated rings. The van der Waals surface area contributed by atoms with Crippen molar-refractivity contribution in [1.29, 1.82) is 0 Å². The Bertz CT molecular complexity index is 421. The van der Waals surface area contributed by atoms with E-state index in [1.165, 1.54) is 25.3 Å². The minimum absolute atomic E-state index is 0.153. The summed E-state index contributed by atoms with van der Waals surface area (Å²) in [7, 11) is 1.71. The summed E-state index contributed by atoms with van der Waals surface area (Å²) in [6, 6.07) is 4.95. The van der Waals surface area contributed by atoms with E-state index < -0.39 is 0 Å². The maximum atomic E-state index is 13.3. The number of benzene rings is 1. The Balaban J connectivity index is 1.96. The van der Waals surface area contributed by atoms with Gasteiger partial charge in [-0.2, -0.15) is 0 Å². The van der Waals surface area contributed by atoms with E-state index in [-0.39, 0.29) is 5.82 Å². The summed E-state index contributed by atoms with van der Waals surface area (Å²) in [5.41, 5.74) is 1.37. The second-order valence-corrected chi connectivity index (χ2v) is 6.29. The second kappa shape index (κ2) is 6.82. The van der Waals surface area contributed by atoms with Crippen molar-refractivity contribution in [3.05, 3.63) is 34.1 Å². The zero-order chi connectivity index (χ0) is 13.7. The van der Waals surface area contributed by atoms with Crippen LogP contribution in [0.4, 0.5) is 4.39 Å². The van der Waals surface area contributed by atoms with E-state index in [1.54, 1.807) is 19.2 Å². The minimum Gasteiger partial charge on any atom is -0.383 e. The van der Waals surface area contributed by atoms with Gasteiger partial charge in [0.05, 0.1) is 6.61 Å². The lowest BCUT2D eigenvalue weighted by Crippen LogP contribution is -2.42. The molecule has 4 heteroatoms. The lowest BCUT2D eigenvalue weighted by atomic mass is 9.65. The average Bonchev–Trinajstić information content (AvgIpc) is 2.35. The number of nitrogens with one attached hydrogen (secondary N) is 1. The van der Waals surface area contributed by atoms with Crippen molar-refractivity contribution in [3.63, 3.8) is 0 Å². The Morgan fingerprint density at radius 1 is 1.42 bits per heavy atom. The molecular weight excluding hydrogens is 309 g/mol. The summed E-state index contributed by atoms with van der Waals surface area (Å²) in [5.74, 6) is -0.153. The fourth-order valence-corrected chi connectivity index (χ4v) is 3.09. The zero-order valence-corrected chi connectivity index (χ0v) is 12.9. The molecule has 19 heavy (non-hydrogen) atoms. The van der Waals surface area contributed by atoms with Crippen LogP contribution in [-0.4, -0.2) is 26.8 Å². The van der Waals surface area contributed by atoms with Crippen LogP contribution in [0, 0.1) is 11.2 Å². The molecule has 1 aromatic rings. The molecule has 0 spiro atoms. The predicted octanol–water partition coefficient (Wildman–Crippen LogP) is 3.54. The van der Waals surface area contributed by atoms with Crippen LogP contribution in [0.25, 0.3) is 0 Å². The molecule has 0 saturated heterocycles. The van der Waals surface area contributed by atoms with E-state index >= 15 is 0 Å². The SMILES string of the molecule is COCCNCC1(Cc2cc(F)ccc2Br)CCC1. The molecule has 1 N–H and O–H groups in total. The maximum absolute atomic E-state index is 13.3. The van der Waals surface area contributed by atoms with E-state index in [9.17, 15) is 4.39 Å². The molecule has 0 heterocycles. The smallest absolute Gasteiger partial charge is 0.123 e. The highest BCUT2D eigenvalue weighted by molar-refractivity contribution is 9.10. The fraction of sp³-hybridized carbons (Fsp3) is 0.600. The predicted molar refractivity (Wildman–Crippen MR) is 78.8 cm³/mol. The number of halogens is 2. The third-order valence-electron chi connectivity index (χ3n) is 3.97. The quantitative estimate of drug-likeness (QED) is 0.772. The van der Waals surface area contributed by atoms with Gasteiger partial charge in [0.15, 0.2) is 0 Å². The van der Waals surface area contributed by atoms with Crippen molar-refractivity contribution in [3.8, 4) is 0 Å². The zero-order valence-electron chi connectivity index (χ0n) is 11.3. The van der Waals surface area contributed by atoms with Crippen LogP contribution in [0.1, 0.15) is 24.8 Å². The van der Waals surface area contributed by atoms with Gasteiger partial charge < -0.3 is 10.1 Å². The van der Waals surface area contributed by atoms with Crippen molar-refractivity contribution in [2.75, 3.05) is 26.8 Å². The van der Waals surface area contributed by atoms with E-state index in [1.807, 2.05) is 0 Å². The van der Waals surface area contributed by atoms with Crippen molar-refractivity contribution >= 4 is 15.9 Å². The van der Waals surface area contributed by atoms with Gasteiger partial charge in [0.25, 0.3) is 0 Å². The van der Waals surface area contributed by atoms with Crippen LogP contribution in [0.5, 0.6) is 0 Å². The van der Waals surface area contributed by atoms with Crippen LogP contribution in [0.2, 0.25) is 0 Å². The molecule has 0 radical (unpaired) electrons. The fourth-order valence-electron chi connectivity index (χ4n) is 2.70. The summed E-state index contributed by atoms with van der Waals surface area (Å²) in [5, 5.41) is 3.45. The Morgan fingerprint density at radius 2 is 2.21 bits per heavy atom. The van der Waals surface area contributed by atoms with E-state index in [0.29, 0.717) is 5.41 Å². The summed E-state index contributed by atoms with van der Waals surface area (Å²) in [4.78, 5) is 0. The number of hydrogen-bond donors (Lipinski definition) is 1. The molecule has 1 aliphatic carbocycles. The summed E-state index contributed by atoms with van der Waals surface area (Å²) < 4.78 is 19.4. The highest BCUT2D eigenvalue weighted by Gasteiger charge is 2.36. The molecule has 0 aromatic heterocycles. The first-order chi connectivity index (χ1) is 9.15. The number of hydrogen-bond acceptors (Lipinski definition) is 2. The van der Waals surface area contributed by atoms with Crippen molar-refractivity contribution in [2.24, 2.45) is 5.41 Å². The Morgan fingerprint density at radius 3 is 2.84 bits per heavy atom. The third-order valence-corrected chi connectivity index (χ3v) is 4.74. The highest BCUT2D eigenvalue weighted by atomic mass is 79.9. The summed E-state index contributed by atoms with van der Waals surface area (Å²) in [6.07, 6.45) is 4.65. The van der Waals surface area contributed by atoms with Gasteiger partial charge in [0, 0.05) is 24.7 Å². The molecule has 0 atom stereocenters. The number of ether oxygens (including phenoxy) is 1. The first kappa shape index (κ1) is 14.9. The van der Waals surface area contributed by atoms with Crippen LogP contribution in [0.15, 0.2) is 22.7 Å². The summed E-state index contributed by atoms with van der Waals surface area (Å²) in [6.45, 7) is 2.60. The largest absolute Gasteiger partial charge is 0.383 e. The van der Waals surface area contributed by atoms with Crippen LogP contribution < -0.4 is 5.32 Å². The van der Waals surface area contributed by atoms with Crippen LogP contribution in [-0.2, 0) is 11.2 Å². The Labute approximate surface area is 122 Å². The molecule has 2 nitrogen and oxygen atoms in total. The second-order valence-electron chi connectivity index (χ2n) is 5.44. The van der Waals surface area contributed by atoms with Gasteiger partial charge in [-0.1, -0.05) is 22.4 Å². The van der Waals surface area contributed by atoms with Gasteiger partial charge in [0.2, 0.25) is 0 Å². The van der Waals surface area contributed by atoms with Crippen LogP contribution >= 0.6 is 15.9 Å². The van der Waals surface area contributed by atoms with Crippen molar-refractivity contribution < 1.29 is 9.13 Å². The van der Waals surface area contributed by atoms with Gasteiger partial charge in [-0.15, -0.1) is 0 Å². The molecule has 106 valence electrons. The van der Waals surface area contributed by atoms with Crippen molar-refractivity contribution in [2.45, 2.75) is 25.7 Å². The first-order valence-corrected chi connectivity index (χ1v) is 7.58.